The zero-order valence-corrected chi connectivity index (χ0v) is 14.6. The molecular weight excluding hydrogens is 278 g/mol. The molecule has 118 valence electrons. The maximum atomic E-state index is 12.9. The Labute approximate surface area is 132 Å². The van der Waals surface area contributed by atoms with Crippen LogP contribution in [-0.2, 0) is 16.2 Å². The lowest BCUT2D eigenvalue weighted by Crippen LogP contribution is -2.42. The molecule has 2 N–H and O–H groups in total. The Hall–Kier alpha value is -0.670. The van der Waals surface area contributed by atoms with E-state index in [4.69, 9.17) is 5.73 Å². The average Bonchev–Trinajstić information content (AvgIpc) is 2.46. The summed E-state index contributed by atoms with van der Waals surface area (Å²) in [5.74, 6) is 0.688. The molecule has 0 heterocycles. The van der Waals surface area contributed by atoms with E-state index in [2.05, 4.69) is 39.8 Å². The van der Waals surface area contributed by atoms with Gasteiger partial charge < -0.3 is 5.73 Å². The molecule has 0 amide bonds. The van der Waals surface area contributed by atoms with Gasteiger partial charge >= 0.3 is 0 Å². The van der Waals surface area contributed by atoms with Crippen molar-refractivity contribution in [2.45, 2.75) is 75.0 Å². The van der Waals surface area contributed by atoms with Crippen molar-refractivity contribution in [2.24, 2.45) is 11.7 Å². The van der Waals surface area contributed by atoms with Gasteiger partial charge in [0.15, 0.2) is 0 Å². The predicted octanol–water partition coefficient (Wildman–Crippen LogP) is 4.00. The fourth-order valence-electron chi connectivity index (χ4n) is 3.12. The average molecular weight is 308 g/mol. The molecule has 1 aliphatic rings. The second-order valence-electron chi connectivity index (χ2n) is 7.36. The second kappa shape index (κ2) is 6.62. The van der Waals surface area contributed by atoms with Crippen molar-refractivity contribution in [2.75, 3.05) is 0 Å². The first-order chi connectivity index (χ1) is 9.82. The van der Waals surface area contributed by atoms with Gasteiger partial charge in [-0.05, 0) is 48.3 Å². The van der Waals surface area contributed by atoms with E-state index in [0.717, 1.165) is 17.7 Å². The highest BCUT2D eigenvalue weighted by atomic mass is 32.2. The maximum absolute atomic E-state index is 12.9. The normalized spacial score (nSPS) is 28.3. The van der Waals surface area contributed by atoms with E-state index in [9.17, 15) is 4.21 Å². The minimum absolute atomic E-state index is 0.0796. The molecule has 4 unspecified atom stereocenters. The fraction of sp³-hybridized carbons (Fsp3) is 0.667. The van der Waals surface area contributed by atoms with Crippen LogP contribution >= 0.6 is 0 Å². The lowest BCUT2D eigenvalue weighted by molar-refractivity contribution is 0.324. The summed E-state index contributed by atoms with van der Waals surface area (Å²) in [4.78, 5) is 0.931. The van der Waals surface area contributed by atoms with Gasteiger partial charge in [0.05, 0.1) is 16.0 Å². The molecule has 0 aliphatic heterocycles. The second-order valence-corrected chi connectivity index (χ2v) is 9.03. The molecule has 2 rings (SSSR count). The van der Waals surface area contributed by atoms with E-state index in [1.165, 1.54) is 18.4 Å². The Morgan fingerprint density at radius 3 is 2.33 bits per heavy atom. The maximum Gasteiger partial charge on any atom is 0.0576 e. The van der Waals surface area contributed by atoms with Gasteiger partial charge in [-0.3, -0.25) is 4.21 Å². The molecule has 21 heavy (non-hydrogen) atoms. The first kappa shape index (κ1) is 16.7. The summed E-state index contributed by atoms with van der Waals surface area (Å²) < 4.78 is 12.9. The van der Waals surface area contributed by atoms with Gasteiger partial charge in [0, 0.05) is 10.9 Å². The minimum Gasteiger partial charge on any atom is -0.327 e. The van der Waals surface area contributed by atoms with Gasteiger partial charge in [-0.1, -0.05) is 46.2 Å². The highest BCUT2D eigenvalue weighted by Crippen LogP contribution is 2.32. The van der Waals surface area contributed by atoms with Crippen molar-refractivity contribution in [3.63, 3.8) is 0 Å². The van der Waals surface area contributed by atoms with Crippen LogP contribution in [0, 0.1) is 5.92 Å². The van der Waals surface area contributed by atoms with Crippen LogP contribution < -0.4 is 5.73 Å². The number of nitrogens with two attached hydrogens (primary N) is 1. The van der Waals surface area contributed by atoms with Crippen molar-refractivity contribution in [3.05, 3.63) is 29.8 Å². The summed E-state index contributed by atoms with van der Waals surface area (Å²) in [6.45, 7) is 8.81. The number of rotatable bonds is 3. The molecular formula is C18H29NOS. The zero-order chi connectivity index (χ0) is 15.6. The summed E-state index contributed by atoms with van der Waals surface area (Å²) in [6, 6.07) is 8.35. The van der Waals surface area contributed by atoms with Crippen LogP contribution in [0.3, 0.4) is 0 Å². The first-order valence-electron chi connectivity index (χ1n) is 8.09. The largest absolute Gasteiger partial charge is 0.327 e. The number of hydrogen-bond donors (Lipinski definition) is 1. The summed E-state index contributed by atoms with van der Waals surface area (Å²) >= 11 is 0. The summed E-state index contributed by atoms with van der Waals surface area (Å²) in [5, 5.41) is 0.115. The van der Waals surface area contributed by atoms with E-state index in [1.807, 2.05) is 12.1 Å². The van der Waals surface area contributed by atoms with Gasteiger partial charge in [-0.15, -0.1) is 0 Å². The molecule has 0 aromatic heterocycles. The molecule has 0 spiro atoms. The summed E-state index contributed by atoms with van der Waals surface area (Å²) in [7, 11) is -0.982. The first-order valence-corrected chi connectivity index (χ1v) is 9.31. The highest BCUT2D eigenvalue weighted by molar-refractivity contribution is 7.85. The van der Waals surface area contributed by atoms with Crippen LogP contribution in [0.4, 0.5) is 0 Å². The quantitative estimate of drug-likeness (QED) is 0.917. The molecule has 1 aromatic rings. The molecule has 1 fully saturated rings. The molecule has 2 nitrogen and oxygen atoms in total. The van der Waals surface area contributed by atoms with Crippen molar-refractivity contribution in [1.82, 2.24) is 0 Å². The molecule has 1 aliphatic carbocycles. The fourth-order valence-corrected chi connectivity index (χ4v) is 4.77. The molecule has 1 aromatic carbocycles. The summed E-state index contributed by atoms with van der Waals surface area (Å²) in [5.41, 5.74) is 7.65. The third-order valence-corrected chi connectivity index (χ3v) is 6.59. The molecule has 4 atom stereocenters. The molecule has 1 saturated carbocycles. The van der Waals surface area contributed by atoms with Crippen molar-refractivity contribution >= 4 is 10.8 Å². The van der Waals surface area contributed by atoms with E-state index in [1.54, 1.807) is 0 Å². The third-order valence-electron chi connectivity index (χ3n) is 4.76. The van der Waals surface area contributed by atoms with Gasteiger partial charge in [-0.2, -0.15) is 0 Å². The van der Waals surface area contributed by atoms with E-state index in [-0.39, 0.29) is 16.7 Å². The van der Waals surface area contributed by atoms with Crippen LogP contribution in [0.15, 0.2) is 29.2 Å². The van der Waals surface area contributed by atoms with Crippen LogP contribution in [0.5, 0.6) is 0 Å². The molecule has 0 radical (unpaired) electrons. The van der Waals surface area contributed by atoms with Gasteiger partial charge in [-0.25, -0.2) is 0 Å². The van der Waals surface area contributed by atoms with Crippen molar-refractivity contribution < 1.29 is 4.21 Å². The Morgan fingerprint density at radius 2 is 1.81 bits per heavy atom. The monoisotopic (exact) mass is 307 g/mol. The smallest absolute Gasteiger partial charge is 0.0576 e. The lowest BCUT2D eigenvalue weighted by atomic mass is 9.84. The van der Waals surface area contributed by atoms with Crippen LogP contribution in [-0.4, -0.2) is 15.5 Å². The van der Waals surface area contributed by atoms with Gasteiger partial charge in [0.25, 0.3) is 0 Å². The number of hydrogen-bond acceptors (Lipinski definition) is 2. The zero-order valence-electron chi connectivity index (χ0n) is 13.8. The Balaban J connectivity index is 2.15. The standard InChI is InChI=1S/C18H29NOS/c1-5-13-6-11-16(19)17(12-13)21(20)15-9-7-14(8-10-15)18(2,3)4/h7-10,13,16-17H,5-6,11-12,19H2,1-4H3. The van der Waals surface area contributed by atoms with E-state index < -0.39 is 10.8 Å². The number of benzene rings is 1. The molecule has 0 bridgehead atoms. The van der Waals surface area contributed by atoms with Crippen molar-refractivity contribution in [1.29, 1.82) is 0 Å². The third kappa shape index (κ3) is 3.95. The van der Waals surface area contributed by atoms with E-state index >= 15 is 0 Å². The van der Waals surface area contributed by atoms with Gasteiger partial charge in [0.1, 0.15) is 0 Å². The van der Waals surface area contributed by atoms with Crippen LogP contribution in [0.25, 0.3) is 0 Å². The Bertz CT molecular complexity index is 489. The van der Waals surface area contributed by atoms with Crippen LogP contribution in [0.1, 0.15) is 58.9 Å². The Morgan fingerprint density at radius 1 is 1.19 bits per heavy atom. The highest BCUT2D eigenvalue weighted by Gasteiger charge is 2.32. The molecule has 3 heteroatoms. The summed E-state index contributed by atoms with van der Waals surface area (Å²) in [6.07, 6.45) is 4.37. The SMILES string of the molecule is CCC1CCC(N)C(S(=O)c2ccc(C(C)(C)C)cc2)C1. The Kier molecular flexibility index (Phi) is 5.26. The van der Waals surface area contributed by atoms with Crippen LogP contribution in [0.2, 0.25) is 0 Å². The predicted molar refractivity (Wildman–Crippen MR) is 90.9 cm³/mol. The lowest BCUT2D eigenvalue weighted by Gasteiger charge is -2.33. The topological polar surface area (TPSA) is 43.1 Å². The van der Waals surface area contributed by atoms with Gasteiger partial charge in [0.2, 0.25) is 0 Å². The minimum atomic E-state index is -0.982. The van der Waals surface area contributed by atoms with E-state index in [0.29, 0.717) is 5.92 Å². The van der Waals surface area contributed by atoms with Crippen molar-refractivity contribution in [3.8, 4) is 0 Å². The molecule has 0 saturated heterocycles.